The van der Waals surface area contributed by atoms with E-state index in [-0.39, 0.29) is 5.91 Å². The number of amides is 1. The van der Waals surface area contributed by atoms with Crippen molar-refractivity contribution in [3.8, 4) is 5.75 Å². The number of hydrogen-bond acceptors (Lipinski definition) is 2. The molecule has 0 radical (unpaired) electrons. The number of halogens is 1. The molecular weight excluding hydrogens is 276 g/mol. The summed E-state index contributed by atoms with van der Waals surface area (Å²) < 4.78 is 5.56. The minimum atomic E-state index is -0.624. The van der Waals surface area contributed by atoms with E-state index in [0.29, 0.717) is 16.6 Å². The molecule has 20 heavy (non-hydrogen) atoms. The summed E-state index contributed by atoms with van der Waals surface area (Å²) >= 11 is 5.87. The van der Waals surface area contributed by atoms with Crippen LogP contribution in [0.2, 0.25) is 5.02 Å². The van der Waals surface area contributed by atoms with Crippen molar-refractivity contribution in [3.05, 3.63) is 53.2 Å². The average Bonchev–Trinajstić information content (AvgIpc) is 2.41. The van der Waals surface area contributed by atoms with Gasteiger partial charge in [-0.05, 0) is 44.2 Å². The van der Waals surface area contributed by atoms with Crippen molar-refractivity contribution < 1.29 is 14.5 Å². The molecule has 0 saturated carbocycles. The van der Waals surface area contributed by atoms with Gasteiger partial charge >= 0.3 is 5.91 Å². The van der Waals surface area contributed by atoms with Gasteiger partial charge in [0.25, 0.3) is 5.82 Å². The fourth-order valence-electron chi connectivity index (χ4n) is 1.68. The molecule has 0 aliphatic carbocycles. The average molecular weight is 292 g/mol. The van der Waals surface area contributed by atoms with Crippen molar-refractivity contribution in [1.82, 2.24) is 0 Å². The van der Waals surface area contributed by atoms with Crippen LogP contribution in [0.5, 0.6) is 5.75 Å². The quantitative estimate of drug-likeness (QED) is 0.942. The molecule has 2 N–H and O–H groups in total. The van der Waals surface area contributed by atoms with E-state index in [0.717, 1.165) is 5.56 Å². The standard InChI is InChI=1S/C15H15ClN2O2/c1-10-5-4-8-17-14(10)18-15(19)11(2)20-13-7-3-6-12(16)9-13/h3-9,11H,1-2H3,(H,17,18,19)/p+1. The van der Waals surface area contributed by atoms with Crippen LogP contribution in [-0.4, -0.2) is 12.0 Å². The first kappa shape index (κ1) is 14.3. The van der Waals surface area contributed by atoms with E-state index in [1.807, 2.05) is 19.1 Å². The summed E-state index contributed by atoms with van der Waals surface area (Å²) in [6, 6.07) is 10.7. The van der Waals surface area contributed by atoms with E-state index in [1.165, 1.54) is 0 Å². The first-order chi connectivity index (χ1) is 9.56. The maximum absolute atomic E-state index is 12.1. The van der Waals surface area contributed by atoms with E-state index in [2.05, 4.69) is 10.3 Å². The number of carbonyl (C=O) groups excluding carboxylic acids is 1. The van der Waals surface area contributed by atoms with E-state index in [4.69, 9.17) is 16.3 Å². The molecule has 5 heteroatoms. The Labute approximate surface area is 122 Å². The summed E-state index contributed by atoms with van der Waals surface area (Å²) in [6.45, 7) is 3.60. The highest BCUT2D eigenvalue weighted by Gasteiger charge is 2.21. The molecular formula is C15H16ClN2O2+. The number of carbonyl (C=O) groups is 1. The lowest BCUT2D eigenvalue weighted by Gasteiger charge is -2.11. The van der Waals surface area contributed by atoms with Crippen molar-refractivity contribution >= 4 is 23.3 Å². The monoisotopic (exact) mass is 291 g/mol. The molecule has 4 nitrogen and oxygen atoms in total. The summed E-state index contributed by atoms with van der Waals surface area (Å²) in [5, 5.41) is 3.36. The number of anilines is 1. The second kappa shape index (κ2) is 6.39. The van der Waals surface area contributed by atoms with Crippen LogP contribution in [0.4, 0.5) is 5.82 Å². The molecule has 104 valence electrons. The first-order valence-electron chi connectivity index (χ1n) is 6.26. The summed E-state index contributed by atoms with van der Waals surface area (Å²) in [5.41, 5.74) is 0.954. The third-order valence-corrected chi connectivity index (χ3v) is 3.03. The lowest BCUT2D eigenvalue weighted by molar-refractivity contribution is -0.361. The Morgan fingerprint density at radius 2 is 2.15 bits per heavy atom. The zero-order valence-corrected chi connectivity index (χ0v) is 12.1. The second-order valence-electron chi connectivity index (χ2n) is 4.43. The molecule has 0 aliphatic heterocycles. The fraction of sp³-hybridized carbons (Fsp3) is 0.200. The number of benzene rings is 1. The van der Waals surface area contributed by atoms with Crippen LogP contribution < -0.4 is 15.0 Å². The molecule has 1 amide bonds. The minimum Gasteiger partial charge on any atom is -0.478 e. The van der Waals surface area contributed by atoms with Gasteiger partial charge in [-0.25, -0.2) is 15.1 Å². The number of rotatable bonds is 4. The maximum atomic E-state index is 12.1. The van der Waals surface area contributed by atoms with E-state index < -0.39 is 6.10 Å². The number of nitrogens with one attached hydrogen (secondary N) is 2. The van der Waals surface area contributed by atoms with Crippen LogP contribution in [-0.2, 0) is 4.79 Å². The number of hydrogen-bond donors (Lipinski definition) is 1. The molecule has 1 heterocycles. The zero-order valence-electron chi connectivity index (χ0n) is 11.3. The number of aromatic nitrogens is 1. The topological polar surface area (TPSA) is 52.5 Å². The lowest BCUT2D eigenvalue weighted by Crippen LogP contribution is -2.32. The molecule has 0 bridgehead atoms. The number of ether oxygens (including phenoxy) is 1. The fourth-order valence-corrected chi connectivity index (χ4v) is 1.86. The smallest absolute Gasteiger partial charge is 0.348 e. The van der Waals surface area contributed by atoms with Gasteiger partial charge in [0.2, 0.25) is 0 Å². The molecule has 1 aromatic heterocycles. The van der Waals surface area contributed by atoms with Gasteiger partial charge in [0, 0.05) is 10.6 Å². The molecule has 2 rings (SSSR count). The molecule has 1 atom stereocenters. The van der Waals surface area contributed by atoms with Crippen LogP contribution in [0, 0.1) is 6.92 Å². The Morgan fingerprint density at radius 1 is 1.35 bits per heavy atom. The maximum Gasteiger partial charge on any atom is 0.348 e. The molecule has 1 unspecified atom stereocenters. The zero-order chi connectivity index (χ0) is 14.5. The number of H-pyrrole nitrogens is 1. The van der Waals surface area contributed by atoms with Crippen LogP contribution in [0.1, 0.15) is 12.5 Å². The van der Waals surface area contributed by atoms with Gasteiger partial charge in [0.05, 0.1) is 6.20 Å². The summed E-state index contributed by atoms with van der Waals surface area (Å²) in [6.07, 6.45) is 1.13. The van der Waals surface area contributed by atoms with Gasteiger partial charge in [-0.2, -0.15) is 0 Å². The van der Waals surface area contributed by atoms with Crippen molar-refractivity contribution in [2.45, 2.75) is 20.0 Å². The third kappa shape index (κ3) is 3.71. The van der Waals surface area contributed by atoms with Crippen LogP contribution >= 0.6 is 11.6 Å². The van der Waals surface area contributed by atoms with E-state index in [1.54, 1.807) is 37.4 Å². The molecule has 0 saturated heterocycles. The molecule has 0 fully saturated rings. The van der Waals surface area contributed by atoms with Gasteiger partial charge in [0.1, 0.15) is 5.75 Å². The van der Waals surface area contributed by atoms with E-state index in [9.17, 15) is 4.79 Å². The van der Waals surface area contributed by atoms with Crippen LogP contribution in [0.3, 0.4) is 0 Å². The van der Waals surface area contributed by atoms with Crippen molar-refractivity contribution in [2.24, 2.45) is 0 Å². The summed E-state index contributed by atoms with van der Waals surface area (Å²) in [4.78, 5) is 15.1. The molecule has 1 aromatic carbocycles. The van der Waals surface area contributed by atoms with Crippen molar-refractivity contribution in [2.75, 3.05) is 5.32 Å². The Balaban J connectivity index is 2.01. The SMILES string of the molecule is Cc1ccc[nH+]c1NC(=O)C(C)Oc1cccc(Cl)c1. The summed E-state index contributed by atoms with van der Waals surface area (Å²) in [7, 11) is 0. The Kier molecular flexibility index (Phi) is 4.58. The molecule has 0 spiro atoms. The van der Waals surface area contributed by atoms with Gasteiger partial charge < -0.3 is 4.74 Å². The number of aromatic amines is 1. The van der Waals surface area contributed by atoms with E-state index >= 15 is 0 Å². The third-order valence-electron chi connectivity index (χ3n) is 2.79. The van der Waals surface area contributed by atoms with Gasteiger partial charge in [-0.1, -0.05) is 17.7 Å². The Hall–Kier alpha value is -2.07. The largest absolute Gasteiger partial charge is 0.478 e. The number of aryl methyl sites for hydroxylation is 1. The minimum absolute atomic E-state index is 0.226. The highest BCUT2D eigenvalue weighted by Crippen LogP contribution is 2.18. The highest BCUT2D eigenvalue weighted by molar-refractivity contribution is 6.30. The van der Waals surface area contributed by atoms with Gasteiger partial charge in [-0.3, -0.25) is 0 Å². The first-order valence-corrected chi connectivity index (χ1v) is 6.64. The van der Waals surface area contributed by atoms with Gasteiger partial charge in [-0.15, -0.1) is 0 Å². The summed E-state index contributed by atoms with van der Waals surface area (Å²) in [5.74, 6) is 1.00. The molecule has 0 aliphatic rings. The second-order valence-corrected chi connectivity index (χ2v) is 4.87. The predicted octanol–water partition coefficient (Wildman–Crippen LogP) is 2.87. The van der Waals surface area contributed by atoms with Crippen LogP contribution in [0.15, 0.2) is 42.6 Å². The van der Waals surface area contributed by atoms with Crippen molar-refractivity contribution in [3.63, 3.8) is 0 Å². The Morgan fingerprint density at radius 3 is 2.85 bits per heavy atom. The Bertz CT molecular complexity index is 616. The van der Waals surface area contributed by atoms with Crippen molar-refractivity contribution in [1.29, 1.82) is 0 Å². The lowest BCUT2D eigenvalue weighted by atomic mass is 10.2. The predicted molar refractivity (Wildman–Crippen MR) is 77.9 cm³/mol. The molecule has 2 aromatic rings. The highest BCUT2D eigenvalue weighted by atomic mass is 35.5. The van der Waals surface area contributed by atoms with Crippen LogP contribution in [0.25, 0.3) is 0 Å². The van der Waals surface area contributed by atoms with Gasteiger partial charge in [0.15, 0.2) is 6.10 Å². The normalized spacial score (nSPS) is 11.8. The number of pyridine rings is 1.